The number of phosphoric acid groups is 1. The summed E-state index contributed by atoms with van der Waals surface area (Å²) in [4.78, 5) is 32.5. The number of halogens is 1. The Kier molecular flexibility index (Phi) is 4.95. The first-order chi connectivity index (χ1) is 9.26. The summed E-state index contributed by atoms with van der Waals surface area (Å²) in [6, 6.07) is 0. The molecule has 3 atom stereocenters. The van der Waals surface area contributed by atoms with E-state index in [0.717, 1.165) is 3.57 Å². The Morgan fingerprint density at radius 3 is 2.95 bits per heavy atom. The number of hydrogen-bond donors (Lipinski definition) is 3. The van der Waals surface area contributed by atoms with Crippen molar-refractivity contribution in [3.63, 3.8) is 0 Å². The molecule has 3 N–H and O–H groups in total. The van der Waals surface area contributed by atoms with Gasteiger partial charge in [0.05, 0.1) is 12.7 Å². The molecule has 20 heavy (non-hydrogen) atoms. The number of rotatable bonds is 4. The van der Waals surface area contributed by atoms with Crippen molar-refractivity contribution in [2.75, 3.05) is 6.61 Å². The standard InChI is InChI=1S/C9H12IN2O7P/c10-5-2-11-9(14)12(3-5)8-1-6(13)7(19-8)4-18-20(15,16)17/h2-3,6-8,13H,1,4H2,(H2,15,16,17)/t6-,7+,8+/m0/s1. The van der Waals surface area contributed by atoms with Crippen LogP contribution in [0.15, 0.2) is 17.2 Å². The number of aliphatic hydroxyl groups is 1. The first-order valence-electron chi connectivity index (χ1n) is 5.53. The summed E-state index contributed by atoms with van der Waals surface area (Å²) in [6.07, 6.45) is 0.383. The quantitative estimate of drug-likeness (QED) is 0.445. The molecule has 1 aromatic rings. The van der Waals surface area contributed by atoms with Crippen molar-refractivity contribution in [2.45, 2.75) is 24.9 Å². The summed E-state index contributed by atoms with van der Waals surface area (Å²) >= 11 is 1.98. The van der Waals surface area contributed by atoms with E-state index in [4.69, 9.17) is 14.5 Å². The Labute approximate surface area is 126 Å². The van der Waals surface area contributed by atoms with E-state index in [9.17, 15) is 14.5 Å². The highest BCUT2D eigenvalue weighted by molar-refractivity contribution is 14.1. The Bertz CT molecular complexity index is 588. The van der Waals surface area contributed by atoms with Crippen LogP contribution < -0.4 is 5.69 Å². The van der Waals surface area contributed by atoms with Crippen molar-refractivity contribution >= 4 is 30.4 Å². The molecule has 1 aliphatic rings. The second kappa shape index (κ2) is 6.18. The molecular formula is C9H12IN2O7P. The van der Waals surface area contributed by atoms with E-state index in [1.165, 1.54) is 17.0 Å². The van der Waals surface area contributed by atoms with Crippen LogP contribution in [0, 0.1) is 3.57 Å². The zero-order valence-corrected chi connectivity index (χ0v) is 13.0. The fraction of sp³-hybridized carbons (Fsp3) is 0.556. The molecule has 1 aromatic heterocycles. The summed E-state index contributed by atoms with van der Waals surface area (Å²) in [6.45, 7) is -0.464. The maximum absolute atomic E-state index is 11.6. The van der Waals surface area contributed by atoms with Gasteiger partial charge >= 0.3 is 13.5 Å². The van der Waals surface area contributed by atoms with E-state index in [1.54, 1.807) is 0 Å². The number of aromatic nitrogens is 2. The monoisotopic (exact) mass is 418 g/mol. The summed E-state index contributed by atoms with van der Waals surface area (Å²) in [5, 5.41) is 9.78. The molecule has 0 aliphatic carbocycles. The lowest BCUT2D eigenvalue weighted by Crippen LogP contribution is -2.28. The largest absolute Gasteiger partial charge is 0.469 e. The van der Waals surface area contributed by atoms with Gasteiger partial charge in [-0.3, -0.25) is 9.09 Å². The van der Waals surface area contributed by atoms with Crippen molar-refractivity contribution < 1.29 is 28.7 Å². The minimum absolute atomic E-state index is 0.108. The fourth-order valence-electron chi connectivity index (χ4n) is 1.82. The van der Waals surface area contributed by atoms with Gasteiger partial charge in [-0.15, -0.1) is 0 Å². The normalized spacial score (nSPS) is 26.9. The second-order valence-corrected chi connectivity index (χ2v) is 6.67. The molecule has 1 fully saturated rings. The van der Waals surface area contributed by atoms with E-state index in [0.29, 0.717) is 0 Å². The lowest BCUT2D eigenvalue weighted by Gasteiger charge is -2.16. The first kappa shape index (κ1) is 16.0. The molecule has 112 valence electrons. The Morgan fingerprint density at radius 2 is 2.30 bits per heavy atom. The van der Waals surface area contributed by atoms with Gasteiger partial charge in [-0.05, 0) is 22.6 Å². The van der Waals surface area contributed by atoms with Gasteiger partial charge in [0, 0.05) is 22.4 Å². The van der Waals surface area contributed by atoms with Crippen molar-refractivity contribution in [3.8, 4) is 0 Å². The van der Waals surface area contributed by atoms with Crippen LogP contribution in [-0.2, 0) is 13.8 Å². The van der Waals surface area contributed by atoms with Gasteiger partial charge in [-0.25, -0.2) is 14.3 Å². The Hall–Kier alpha value is -0.360. The second-order valence-electron chi connectivity index (χ2n) is 4.18. The van der Waals surface area contributed by atoms with E-state index >= 15 is 0 Å². The third kappa shape index (κ3) is 4.07. The van der Waals surface area contributed by atoms with Crippen molar-refractivity contribution in [1.29, 1.82) is 0 Å². The van der Waals surface area contributed by atoms with Gasteiger partial charge in [-0.1, -0.05) is 0 Å². The van der Waals surface area contributed by atoms with Crippen LogP contribution in [0.25, 0.3) is 0 Å². The zero-order valence-electron chi connectivity index (χ0n) is 10.00. The molecule has 0 aromatic carbocycles. The first-order valence-corrected chi connectivity index (χ1v) is 8.14. The molecule has 0 unspecified atom stereocenters. The Balaban J connectivity index is 2.08. The van der Waals surface area contributed by atoms with E-state index in [2.05, 4.69) is 9.51 Å². The molecule has 9 nitrogen and oxygen atoms in total. The molecule has 1 saturated heterocycles. The molecule has 2 rings (SSSR count). The maximum Gasteiger partial charge on any atom is 0.469 e. The van der Waals surface area contributed by atoms with E-state index in [-0.39, 0.29) is 6.42 Å². The highest BCUT2D eigenvalue weighted by Crippen LogP contribution is 2.38. The van der Waals surface area contributed by atoms with E-state index in [1.807, 2.05) is 22.6 Å². The van der Waals surface area contributed by atoms with Gasteiger partial charge in [0.25, 0.3) is 0 Å². The lowest BCUT2D eigenvalue weighted by molar-refractivity contribution is -0.0451. The number of ether oxygens (including phenoxy) is 1. The average molecular weight is 418 g/mol. The highest BCUT2D eigenvalue weighted by atomic mass is 127. The van der Waals surface area contributed by atoms with Gasteiger partial charge in [0.1, 0.15) is 12.3 Å². The predicted octanol–water partition coefficient (Wildman–Crippen LogP) is -0.394. The van der Waals surface area contributed by atoms with Gasteiger partial charge < -0.3 is 19.6 Å². The number of nitrogens with zero attached hydrogens (tertiary/aromatic N) is 2. The average Bonchev–Trinajstić information content (AvgIpc) is 2.70. The maximum atomic E-state index is 11.6. The highest BCUT2D eigenvalue weighted by Gasteiger charge is 2.37. The molecule has 1 aliphatic heterocycles. The van der Waals surface area contributed by atoms with Crippen LogP contribution >= 0.6 is 30.4 Å². The van der Waals surface area contributed by atoms with Crippen LogP contribution in [-0.4, -0.2) is 43.3 Å². The number of hydrogen-bond acceptors (Lipinski definition) is 6. The van der Waals surface area contributed by atoms with Crippen LogP contribution in [0.3, 0.4) is 0 Å². The lowest BCUT2D eigenvalue weighted by atomic mass is 10.2. The number of phosphoric ester groups is 1. The van der Waals surface area contributed by atoms with E-state index < -0.39 is 38.6 Å². The summed E-state index contributed by atoms with van der Waals surface area (Å²) < 4.78 is 22.2. The van der Waals surface area contributed by atoms with Gasteiger partial charge in [-0.2, -0.15) is 0 Å². The smallest absolute Gasteiger partial charge is 0.390 e. The molecule has 0 radical (unpaired) electrons. The summed E-state index contributed by atoms with van der Waals surface area (Å²) in [5.74, 6) is 0. The molecule has 11 heteroatoms. The Morgan fingerprint density at radius 1 is 1.60 bits per heavy atom. The third-order valence-corrected chi connectivity index (χ3v) is 3.75. The predicted molar refractivity (Wildman–Crippen MR) is 73.7 cm³/mol. The van der Waals surface area contributed by atoms with Gasteiger partial charge in [0.2, 0.25) is 0 Å². The summed E-state index contributed by atoms with van der Waals surface area (Å²) in [7, 11) is -4.63. The molecular weight excluding hydrogens is 406 g/mol. The third-order valence-electron chi connectivity index (χ3n) is 2.70. The number of aliphatic hydroxyl groups excluding tert-OH is 1. The van der Waals surface area contributed by atoms with Crippen LogP contribution in [0.5, 0.6) is 0 Å². The zero-order chi connectivity index (χ0) is 14.9. The van der Waals surface area contributed by atoms with Crippen LogP contribution in [0.4, 0.5) is 0 Å². The molecule has 0 spiro atoms. The minimum Gasteiger partial charge on any atom is -0.390 e. The molecule has 0 amide bonds. The van der Waals surface area contributed by atoms with Crippen molar-refractivity contribution in [2.24, 2.45) is 0 Å². The topological polar surface area (TPSA) is 131 Å². The van der Waals surface area contributed by atoms with Gasteiger partial charge in [0.15, 0.2) is 0 Å². The summed E-state index contributed by atoms with van der Waals surface area (Å²) in [5.41, 5.74) is -0.529. The van der Waals surface area contributed by atoms with Crippen molar-refractivity contribution in [3.05, 3.63) is 26.4 Å². The molecule has 0 saturated carbocycles. The SMILES string of the molecule is O=c1ncc(I)cn1[C@H]1C[C@H](O)[C@@H](COP(=O)(O)O)O1. The van der Waals surface area contributed by atoms with Crippen LogP contribution in [0.2, 0.25) is 0 Å². The van der Waals surface area contributed by atoms with Crippen molar-refractivity contribution in [1.82, 2.24) is 9.55 Å². The van der Waals surface area contributed by atoms with Crippen LogP contribution in [0.1, 0.15) is 12.6 Å². The fourth-order valence-corrected chi connectivity index (χ4v) is 2.60. The minimum atomic E-state index is -4.63. The molecule has 0 bridgehead atoms. The molecule has 2 heterocycles.